The fourth-order valence-electron chi connectivity index (χ4n) is 2.67. The maximum atomic E-state index is 12.8. The van der Waals surface area contributed by atoms with Gasteiger partial charge in [-0.15, -0.1) is 0 Å². The van der Waals surface area contributed by atoms with E-state index in [1.165, 1.54) is 4.90 Å². The first-order valence-corrected chi connectivity index (χ1v) is 7.34. The van der Waals surface area contributed by atoms with Gasteiger partial charge in [-0.3, -0.25) is 19.7 Å². The Morgan fingerprint density at radius 2 is 2.14 bits per heavy atom. The minimum absolute atomic E-state index is 0.0617. The number of carbonyl (C=O) groups excluding carboxylic acids is 3. The van der Waals surface area contributed by atoms with Crippen LogP contribution >= 0.6 is 0 Å². The van der Waals surface area contributed by atoms with Crippen LogP contribution in [0.1, 0.15) is 27.2 Å². The van der Waals surface area contributed by atoms with Gasteiger partial charge in [0.05, 0.1) is 19.1 Å². The number of hydrogen-bond donors (Lipinski definition) is 2. The van der Waals surface area contributed by atoms with Gasteiger partial charge in [0.1, 0.15) is 12.1 Å². The highest BCUT2D eigenvalue weighted by Crippen LogP contribution is 2.24. The van der Waals surface area contributed by atoms with Crippen LogP contribution in [-0.2, 0) is 19.1 Å². The van der Waals surface area contributed by atoms with Crippen LogP contribution in [0.4, 0.5) is 0 Å². The number of amides is 3. The second-order valence-electron chi connectivity index (χ2n) is 6.07. The number of nitrogens with zero attached hydrogens (tertiary/aromatic N) is 1. The molecular weight excluding hydrogens is 274 g/mol. The summed E-state index contributed by atoms with van der Waals surface area (Å²) in [5, 5.41) is 5.57. The highest BCUT2D eigenvalue weighted by Gasteiger charge is 2.47. The Balaban J connectivity index is 2.13. The molecule has 7 heteroatoms. The summed E-state index contributed by atoms with van der Waals surface area (Å²) in [5.41, 5.74) is -1.02. The summed E-state index contributed by atoms with van der Waals surface area (Å²) in [6, 6.07) is -0.0617. The number of ether oxygens (including phenoxy) is 1. The Morgan fingerprint density at radius 3 is 2.81 bits per heavy atom. The Labute approximate surface area is 124 Å². The zero-order valence-electron chi connectivity index (χ0n) is 12.8. The molecule has 2 N–H and O–H groups in total. The van der Waals surface area contributed by atoms with E-state index < -0.39 is 17.4 Å². The molecule has 2 atom stereocenters. The van der Waals surface area contributed by atoms with E-state index >= 15 is 0 Å². The Kier molecular flexibility index (Phi) is 4.63. The summed E-state index contributed by atoms with van der Waals surface area (Å²) in [6.07, 6.45) is 0.966. The molecule has 0 radical (unpaired) electrons. The van der Waals surface area contributed by atoms with Crippen molar-refractivity contribution in [3.05, 3.63) is 0 Å². The van der Waals surface area contributed by atoms with Crippen molar-refractivity contribution in [3.8, 4) is 0 Å². The number of nitrogens with one attached hydrogen (secondary N) is 2. The smallest absolute Gasteiger partial charge is 0.252 e. The van der Waals surface area contributed by atoms with E-state index in [9.17, 15) is 14.4 Å². The van der Waals surface area contributed by atoms with Crippen LogP contribution in [0.25, 0.3) is 0 Å². The van der Waals surface area contributed by atoms with Gasteiger partial charge < -0.3 is 15.0 Å². The third kappa shape index (κ3) is 3.08. The number of carbonyl (C=O) groups is 3. The molecule has 2 saturated heterocycles. The molecule has 0 aliphatic carbocycles. The third-order valence-electron chi connectivity index (χ3n) is 4.11. The first-order valence-electron chi connectivity index (χ1n) is 7.34. The fraction of sp³-hybridized carbons (Fsp3) is 0.786. The van der Waals surface area contributed by atoms with Crippen molar-refractivity contribution >= 4 is 17.7 Å². The van der Waals surface area contributed by atoms with Crippen LogP contribution in [0.5, 0.6) is 0 Å². The van der Waals surface area contributed by atoms with Crippen molar-refractivity contribution in [1.82, 2.24) is 15.5 Å². The van der Waals surface area contributed by atoms with Gasteiger partial charge >= 0.3 is 0 Å². The fourth-order valence-corrected chi connectivity index (χ4v) is 2.67. The van der Waals surface area contributed by atoms with Gasteiger partial charge in [-0.05, 0) is 26.8 Å². The molecule has 2 fully saturated rings. The number of hydrogen-bond acceptors (Lipinski definition) is 5. The summed E-state index contributed by atoms with van der Waals surface area (Å²) in [4.78, 5) is 37.6. The Morgan fingerprint density at radius 1 is 1.43 bits per heavy atom. The maximum Gasteiger partial charge on any atom is 0.252 e. The van der Waals surface area contributed by atoms with Crippen LogP contribution in [-0.4, -0.2) is 60.5 Å². The SMILES string of the molecule is CCCNC1COCC1C(=O)N1CC(=O)NC(=O)C1(C)C. The Bertz CT molecular complexity index is 450. The molecule has 2 aliphatic heterocycles. The van der Waals surface area contributed by atoms with E-state index in [0.717, 1.165) is 13.0 Å². The highest BCUT2D eigenvalue weighted by atomic mass is 16.5. The van der Waals surface area contributed by atoms with Gasteiger partial charge in [0.15, 0.2) is 0 Å². The van der Waals surface area contributed by atoms with Crippen LogP contribution in [0, 0.1) is 5.92 Å². The van der Waals surface area contributed by atoms with Gasteiger partial charge in [0.2, 0.25) is 11.8 Å². The third-order valence-corrected chi connectivity index (χ3v) is 4.11. The molecule has 0 spiro atoms. The average molecular weight is 297 g/mol. The lowest BCUT2D eigenvalue weighted by molar-refractivity contribution is -0.158. The van der Waals surface area contributed by atoms with Gasteiger partial charge in [0, 0.05) is 6.04 Å². The van der Waals surface area contributed by atoms with Crippen molar-refractivity contribution in [2.75, 3.05) is 26.3 Å². The molecule has 2 rings (SSSR count). The molecule has 0 saturated carbocycles. The summed E-state index contributed by atoms with van der Waals surface area (Å²) < 4.78 is 5.41. The van der Waals surface area contributed by atoms with Crippen LogP contribution in [0.15, 0.2) is 0 Å². The van der Waals surface area contributed by atoms with Gasteiger partial charge in [-0.2, -0.15) is 0 Å². The molecule has 21 heavy (non-hydrogen) atoms. The van der Waals surface area contributed by atoms with Crippen molar-refractivity contribution < 1.29 is 19.1 Å². The van der Waals surface area contributed by atoms with Crippen LogP contribution in [0.3, 0.4) is 0 Å². The maximum absolute atomic E-state index is 12.8. The minimum Gasteiger partial charge on any atom is -0.379 e. The molecule has 0 bridgehead atoms. The average Bonchev–Trinajstić information content (AvgIpc) is 2.88. The largest absolute Gasteiger partial charge is 0.379 e. The lowest BCUT2D eigenvalue weighted by atomic mass is 9.94. The number of imide groups is 1. The molecule has 7 nitrogen and oxygen atoms in total. The monoisotopic (exact) mass is 297 g/mol. The lowest BCUT2D eigenvalue weighted by Crippen LogP contribution is -2.67. The van der Waals surface area contributed by atoms with Crippen molar-refractivity contribution in [1.29, 1.82) is 0 Å². The zero-order chi connectivity index (χ0) is 15.6. The van der Waals surface area contributed by atoms with Crippen LogP contribution < -0.4 is 10.6 Å². The Hall–Kier alpha value is -1.47. The summed E-state index contributed by atoms with van der Waals surface area (Å²) in [6.45, 7) is 6.87. The predicted octanol–water partition coefficient (Wildman–Crippen LogP) is -0.735. The number of piperazine rings is 1. The first-order chi connectivity index (χ1) is 9.87. The van der Waals surface area contributed by atoms with E-state index in [4.69, 9.17) is 4.74 Å². The molecule has 0 aromatic carbocycles. The quantitative estimate of drug-likeness (QED) is 0.668. The highest BCUT2D eigenvalue weighted by molar-refractivity contribution is 6.06. The molecule has 0 aromatic rings. The lowest BCUT2D eigenvalue weighted by Gasteiger charge is -2.41. The van der Waals surface area contributed by atoms with Crippen molar-refractivity contribution in [2.24, 2.45) is 5.92 Å². The summed E-state index contributed by atoms with van der Waals surface area (Å²) in [7, 11) is 0. The van der Waals surface area contributed by atoms with Gasteiger partial charge in [-0.1, -0.05) is 6.92 Å². The molecule has 118 valence electrons. The second kappa shape index (κ2) is 6.11. The van der Waals surface area contributed by atoms with E-state index in [0.29, 0.717) is 13.2 Å². The molecule has 2 unspecified atom stereocenters. The van der Waals surface area contributed by atoms with Gasteiger partial charge in [0.25, 0.3) is 5.91 Å². The molecule has 0 aromatic heterocycles. The van der Waals surface area contributed by atoms with Crippen molar-refractivity contribution in [3.63, 3.8) is 0 Å². The van der Waals surface area contributed by atoms with Crippen molar-refractivity contribution in [2.45, 2.75) is 38.8 Å². The second-order valence-corrected chi connectivity index (χ2v) is 6.07. The van der Waals surface area contributed by atoms with E-state index in [2.05, 4.69) is 17.6 Å². The molecule has 2 aliphatic rings. The van der Waals surface area contributed by atoms with E-state index in [-0.39, 0.29) is 24.4 Å². The standard InChI is InChI=1S/C14H23N3O4/c1-4-5-15-10-8-21-7-9(10)12(19)17-6-11(18)16-13(20)14(17,2)3/h9-10,15H,4-8H2,1-3H3,(H,16,18,20). The van der Waals surface area contributed by atoms with E-state index in [1.54, 1.807) is 13.8 Å². The van der Waals surface area contributed by atoms with E-state index in [1.807, 2.05) is 0 Å². The normalized spacial score (nSPS) is 28.6. The van der Waals surface area contributed by atoms with Crippen LogP contribution in [0.2, 0.25) is 0 Å². The van der Waals surface area contributed by atoms with Gasteiger partial charge in [-0.25, -0.2) is 0 Å². The number of rotatable bonds is 4. The molecular formula is C14H23N3O4. The summed E-state index contributed by atoms with van der Waals surface area (Å²) >= 11 is 0. The zero-order valence-corrected chi connectivity index (χ0v) is 12.8. The summed E-state index contributed by atoms with van der Waals surface area (Å²) in [5.74, 6) is -1.43. The molecule has 3 amide bonds. The molecule has 2 heterocycles. The minimum atomic E-state index is -1.02. The predicted molar refractivity (Wildman–Crippen MR) is 75.3 cm³/mol. The first kappa shape index (κ1) is 15.9. The topological polar surface area (TPSA) is 87.7 Å².